The Balaban J connectivity index is 0.00000361. The molecule has 0 bridgehead atoms. The standard InChI is InChI=1S/C15H33N3O.H2/c1-5-8-17(4)12-15-13-18(10-11-19-15)9-6-7-16-14(2)3;/h14-16H,5-13H2,1-4H3;1H. The average Bonchev–Trinajstić information content (AvgIpc) is 2.35. The van der Waals surface area contributed by atoms with Crippen molar-refractivity contribution in [3.05, 3.63) is 0 Å². The van der Waals surface area contributed by atoms with E-state index in [1.165, 1.54) is 19.4 Å². The largest absolute Gasteiger partial charge is 0.374 e. The molecule has 1 rings (SSSR count). The van der Waals surface area contributed by atoms with Gasteiger partial charge in [0, 0.05) is 27.1 Å². The number of nitrogens with one attached hydrogen (secondary N) is 1. The number of ether oxygens (including phenoxy) is 1. The van der Waals surface area contributed by atoms with E-state index in [1.54, 1.807) is 0 Å². The lowest BCUT2D eigenvalue weighted by atomic mass is 10.2. The minimum absolute atomic E-state index is 0. The van der Waals surface area contributed by atoms with Crippen LogP contribution in [-0.2, 0) is 4.74 Å². The van der Waals surface area contributed by atoms with Crippen molar-refractivity contribution < 1.29 is 6.16 Å². The van der Waals surface area contributed by atoms with Gasteiger partial charge in [0.25, 0.3) is 0 Å². The third-order valence-corrected chi connectivity index (χ3v) is 3.55. The molecule has 1 aliphatic rings. The minimum atomic E-state index is 0. The quantitative estimate of drug-likeness (QED) is 0.647. The second-order valence-electron chi connectivity index (χ2n) is 6.02. The van der Waals surface area contributed by atoms with Crippen molar-refractivity contribution in [3.63, 3.8) is 0 Å². The summed E-state index contributed by atoms with van der Waals surface area (Å²) in [6.07, 6.45) is 2.84. The summed E-state index contributed by atoms with van der Waals surface area (Å²) in [5.74, 6) is 0. The fourth-order valence-corrected chi connectivity index (χ4v) is 2.61. The van der Waals surface area contributed by atoms with Crippen molar-refractivity contribution in [1.82, 2.24) is 15.1 Å². The second-order valence-corrected chi connectivity index (χ2v) is 6.02. The highest BCUT2D eigenvalue weighted by molar-refractivity contribution is 4.74. The first-order chi connectivity index (χ1) is 9.11. The van der Waals surface area contributed by atoms with E-state index in [9.17, 15) is 0 Å². The molecule has 0 aromatic carbocycles. The maximum absolute atomic E-state index is 5.87. The van der Waals surface area contributed by atoms with Gasteiger partial charge in [-0.1, -0.05) is 20.8 Å². The molecule has 0 saturated carbocycles. The van der Waals surface area contributed by atoms with E-state index in [-0.39, 0.29) is 1.43 Å². The molecule has 116 valence electrons. The number of morpholine rings is 1. The Morgan fingerprint density at radius 2 is 2.26 bits per heavy atom. The predicted octanol–water partition coefficient (Wildman–Crippen LogP) is 1.66. The zero-order valence-corrected chi connectivity index (χ0v) is 13.3. The van der Waals surface area contributed by atoms with E-state index in [4.69, 9.17) is 4.74 Å². The topological polar surface area (TPSA) is 27.7 Å². The molecule has 0 aliphatic carbocycles. The van der Waals surface area contributed by atoms with E-state index in [2.05, 4.69) is 42.9 Å². The van der Waals surface area contributed by atoms with Crippen LogP contribution >= 0.6 is 0 Å². The molecule has 1 fully saturated rings. The van der Waals surface area contributed by atoms with Gasteiger partial charge < -0.3 is 15.0 Å². The van der Waals surface area contributed by atoms with Gasteiger partial charge in [-0.05, 0) is 39.5 Å². The molecule has 0 spiro atoms. The van der Waals surface area contributed by atoms with Gasteiger partial charge in [0.15, 0.2) is 0 Å². The number of hydrogen-bond acceptors (Lipinski definition) is 4. The van der Waals surface area contributed by atoms with Gasteiger partial charge in [0.05, 0.1) is 12.7 Å². The van der Waals surface area contributed by atoms with Gasteiger partial charge in [-0.25, -0.2) is 0 Å². The number of nitrogens with zero attached hydrogens (tertiary/aromatic N) is 2. The van der Waals surface area contributed by atoms with Crippen LogP contribution in [0.2, 0.25) is 0 Å². The molecular weight excluding hydrogens is 238 g/mol. The van der Waals surface area contributed by atoms with Crippen LogP contribution in [-0.4, -0.2) is 74.9 Å². The summed E-state index contributed by atoms with van der Waals surface area (Å²) >= 11 is 0. The van der Waals surface area contributed by atoms with Gasteiger partial charge in [0.1, 0.15) is 0 Å². The summed E-state index contributed by atoms with van der Waals surface area (Å²) in [6.45, 7) is 14.3. The van der Waals surface area contributed by atoms with Crippen LogP contribution in [0.15, 0.2) is 0 Å². The van der Waals surface area contributed by atoms with Crippen LogP contribution < -0.4 is 5.32 Å². The first-order valence-corrected chi connectivity index (χ1v) is 7.87. The van der Waals surface area contributed by atoms with Gasteiger partial charge in [0.2, 0.25) is 0 Å². The summed E-state index contributed by atoms with van der Waals surface area (Å²) in [5, 5.41) is 3.48. The van der Waals surface area contributed by atoms with E-state index >= 15 is 0 Å². The maximum atomic E-state index is 5.87. The van der Waals surface area contributed by atoms with Crippen molar-refractivity contribution >= 4 is 0 Å². The van der Waals surface area contributed by atoms with Crippen LogP contribution in [0.5, 0.6) is 0 Å². The maximum Gasteiger partial charge on any atom is 0.0829 e. The van der Waals surface area contributed by atoms with E-state index in [1.807, 2.05) is 0 Å². The molecule has 19 heavy (non-hydrogen) atoms. The van der Waals surface area contributed by atoms with Crippen molar-refractivity contribution in [3.8, 4) is 0 Å². The highest BCUT2D eigenvalue weighted by atomic mass is 16.5. The molecule has 1 aliphatic heterocycles. The van der Waals surface area contributed by atoms with Gasteiger partial charge in [-0.15, -0.1) is 0 Å². The third kappa shape index (κ3) is 7.88. The molecule has 4 heteroatoms. The Hall–Kier alpha value is -0.160. The van der Waals surface area contributed by atoms with Gasteiger partial charge >= 0.3 is 0 Å². The first-order valence-electron chi connectivity index (χ1n) is 7.87. The smallest absolute Gasteiger partial charge is 0.0829 e. The Bertz CT molecular complexity index is 229. The molecule has 1 saturated heterocycles. The van der Waals surface area contributed by atoms with Crippen LogP contribution in [0.25, 0.3) is 0 Å². The summed E-state index contributed by atoms with van der Waals surface area (Å²) < 4.78 is 5.87. The zero-order chi connectivity index (χ0) is 14.1. The highest BCUT2D eigenvalue weighted by Gasteiger charge is 2.20. The molecule has 1 atom stereocenters. The average molecular weight is 273 g/mol. The number of hydrogen-bond donors (Lipinski definition) is 1. The fourth-order valence-electron chi connectivity index (χ4n) is 2.61. The Morgan fingerprint density at radius 1 is 1.47 bits per heavy atom. The van der Waals surface area contributed by atoms with E-state index < -0.39 is 0 Å². The summed E-state index contributed by atoms with van der Waals surface area (Å²) in [7, 11) is 2.19. The lowest BCUT2D eigenvalue weighted by Gasteiger charge is -2.34. The minimum Gasteiger partial charge on any atom is -0.374 e. The lowest BCUT2D eigenvalue weighted by Crippen LogP contribution is -2.47. The monoisotopic (exact) mass is 273 g/mol. The Labute approximate surface area is 121 Å². The van der Waals surface area contributed by atoms with E-state index in [0.717, 1.165) is 39.3 Å². The number of likely N-dealkylation sites (N-methyl/N-ethyl adjacent to an activating group) is 1. The van der Waals surface area contributed by atoms with Crippen LogP contribution in [0.1, 0.15) is 35.0 Å². The molecule has 0 amide bonds. The fraction of sp³-hybridized carbons (Fsp3) is 1.00. The zero-order valence-electron chi connectivity index (χ0n) is 13.3. The Morgan fingerprint density at radius 3 is 2.95 bits per heavy atom. The molecule has 1 N–H and O–H groups in total. The molecule has 0 radical (unpaired) electrons. The Kier molecular flexibility index (Phi) is 8.62. The molecule has 0 aromatic rings. The van der Waals surface area contributed by atoms with Crippen LogP contribution in [0.4, 0.5) is 0 Å². The molecule has 4 nitrogen and oxygen atoms in total. The SMILES string of the molecule is CCCN(C)CC1CN(CCCNC(C)C)CCO1.[HH]. The second kappa shape index (κ2) is 9.70. The van der Waals surface area contributed by atoms with Crippen molar-refractivity contribution in [2.24, 2.45) is 0 Å². The lowest BCUT2D eigenvalue weighted by molar-refractivity contribution is -0.0405. The summed E-state index contributed by atoms with van der Waals surface area (Å²) in [4.78, 5) is 4.93. The molecule has 1 heterocycles. The van der Waals surface area contributed by atoms with Gasteiger partial charge in [-0.3, -0.25) is 4.90 Å². The van der Waals surface area contributed by atoms with Crippen molar-refractivity contribution in [1.29, 1.82) is 0 Å². The highest BCUT2D eigenvalue weighted by Crippen LogP contribution is 2.07. The molecule has 1 unspecified atom stereocenters. The number of rotatable bonds is 9. The van der Waals surface area contributed by atoms with Crippen molar-refractivity contribution in [2.75, 3.05) is 52.9 Å². The predicted molar refractivity (Wildman–Crippen MR) is 83.8 cm³/mol. The van der Waals surface area contributed by atoms with E-state index in [0.29, 0.717) is 12.1 Å². The molecule has 0 aromatic heterocycles. The van der Waals surface area contributed by atoms with Crippen LogP contribution in [0, 0.1) is 0 Å². The summed E-state index contributed by atoms with van der Waals surface area (Å²) in [6, 6.07) is 0.597. The normalized spacial score (nSPS) is 21.5. The third-order valence-electron chi connectivity index (χ3n) is 3.55. The first kappa shape index (κ1) is 16.9. The van der Waals surface area contributed by atoms with Crippen LogP contribution in [0.3, 0.4) is 0 Å². The molecular formula is C15H35N3O. The van der Waals surface area contributed by atoms with Crippen molar-refractivity contribution in [2.45, 2.75) is 45.8 Å². The summed E-state index contributed by atoms with van der Waals surface area (Å²) in [5.41, 5.74) is 0. The van der Waals surface area contributed by atoms with Gasteiger partial charge in [-0.2, -0.15) is 0 Å².